The van der Waals surface area contributed by atoms with E-state index >= 15 is 0 Å². The Balaban J connectivity index is 0.00000110. The van der Waals surface area contributed by atoms with Crippen molar-refractivity contribution in [1.29, 1.82) is 0 Å². The number of nitrogens with one attached hydrogen (secondary N) is 3. The predicted octanol–water partition coefficient (Wildman–Crippen LogP) is 8.15. The van der Waals surface area contributed by atoms with Crippen molar-refractivity contribution < 1.29 is 14.7 Å². The first-order valence-electron chi connectivity index (χ1n) is 17.0. The van der Waals surface area contributed by atoms with Crippen LogP contribution in [0.3, 0.4) is 0 Å². The molecule has 1 aromatic heterocycles. The zero-order valence-electron chi connectivity index (χ0n) is 28.9. The number of carbonyl (C=O) groups is 2. The van der Waals surface area contributed by atoms with Gasteiger partial charge in [0.15, 0.2) is 0 Å². The zero-order valence-corrected chi connectivity index (χ0v) is 30.6. The summed E-state index contributed by atoms with van der Waals surface area (Å²) in [6.07, 6.45) is 37.7. The van der Waals surface area contributed by atoms with Gasteiger partial charge < -0.3 is 21.1 Å². The minimum atomic E-state index is -0.114. The monoisotopic (exact) mass is 684 g/mol. The van der Waals surface area contributed by atoms with Gasteiger partial charge in [-0.1, -0.05) is 115 Å². The second kappa shape index (κ2) is 36.0. The van der Waals surface area contributed by atoms with Crippen LogP contribution in [0.2, 0.25) is 0 Å². The molecule has 0 saturated heterocycles. The minimum Gasteiger partial charge on any atom is -0.396 e. The molecule has 0 unspecified atom stereocenters. The maximum atomic E-state index is 11.7. The van der Waals surface area contributed by atoms with Crippen molar-refractivity contribution in [3.63, 3.8) is 0 Å². The largest absolute Gasteiger partial charge is 0.396 e. The van der Waals surface area contributed by atoms with Gasteiger partial charge in [-0.25, -0.2) is 0 Å². The second-order valence-corrected chi connectivity index (χ2v) is 13.7. The molecule has 0 bridgehead atoms. The van der Waals surface area contributed by atoms with E-state index < -0.39 is 0 Å². The van der Waals surface area contributed by atoms with E-state index in [1.807, 2.05) is 21.6 Å². The standard InChI is InChI=1S/C27H43NOS2.C11H17N3O2/c1-4-5-6-7-8-9-10-11-12-13-14-15-16-17-18-19-20-21-22-23-27(29)28-24-25-30-31-26(2)3;15-8-2-5-12-6-7-14-11(16)10-3-1-4-13-9-10/h5-6,8-9,11-12,14-15,17-18,20-21,26H,4,7,10,13,16,19,22-25H2,1-3H3,(H,28,29);1,3-4,9,12,15H,2,5-8H2,(H,14,16)/b6-5-,9-8-,12-11-,15-14-,18-17-,21-20-;. The number of aromatic nitrogens is 1. The van der Waals surface area contributed by atoms with Crippen molar-refractivity contribution in [1.82, 2.24) is 20.9 Å². The highest BCUT2D eigenvalue weighted by Gasteiger charge is 2.03. The Morgan fingerprint density at radius 1 is 0.809 bits per heavy atom. The van der Waals surface area contributed by atoms with E-state index in [0.717, 1.165) is 70.2 Å². The molecule has 1 rings (SSSR count). The number of rotatable bonds is 26. The van der Waals surface area contributed by atoms with Crippen LogP contribution in [0.5, 0.6) is 0 Å². The molecule has 0 fully saturated rings. The first kappa shape index (κ1) is 44.1. The average Bonchev–Trinajstić information content (AvgIpc) is 3.07. The highest BCUT2D eigenvalue weighted by Crippen LogP contribution is 2.25. The van der Waals surface area contributed by atoms with Crippen molar-refractivity contribution >= 4 is 33.4 Å². The number of allylic oxidation sites excluding steroid dienone is 12. The zero-order chi connectivity index (χ0) is 34.5. The maximum Gasteiger partial charge on any atom is 0.252 e. The summed E-state index contributed by atoms with van der Waals surface area (Å²) < 4.78 is 0. The van der Waals surface area contributed by atoms with Crippen molar-refractivity contribution in [3.05, 3.63) is 103 Å². The van der Waals surface area contributed by atoms with Gasteiger partial charge in [0.2, 0.25) is 5.91 Å². The van der Waals surface area contributed by atoms with Crippen molar-refractivity contribution in [2.24, 2.45) is 0 Å². The van der Waals surface area contributed by atoms with E-state index in [-0.39, 0.29) is 18.4 Å². The number of hydrogen-bond acceptors (Lipinski definition) is 7. The first-order valence-corrected chi connectivity index (χ1v) is 19.3. The topological polar surface area (TPSA) is 103 Å². The van der Waals surface area contributed by atoms with Crippen LogP contribution in [0, 0.1) is 0 Å². The summed E-state index contributed by atoms with van der Waals surface area (Å²) >= 11 is 0. The number of aliphatic hydroxyl groups is 1. The van der Waals surface area contributed by atoms with E-state index in [4.69, 9.17) is 5.11 Å². The molecule has 0 saturated carbocycles. The molecule has 262 valence electrons. The Hall–Kier alpha value is -2.85. The van der Waals surface area contributed by atoms with Gasteiger partial charge >= 0.3 is 0 Å². The van der Waals surface area contributed by atoms with Gasteiger partial charge in [0.1, 0.15) is 0 Å². The summed E-state index contributed by atoms with van der Waals surface area (Å²) in [4.78, 5) is 27.1. The van der Waals surface area contributed by atoms with E-state index in [1.165, 1.54) is 6.20 Å². The molecule has 0 aromatic carbocycles. The van der Waals surface area contributed by atoms with E-state index in [2.05, 4.69) is 115 Å². The maximum absolute atomic E-state index is 11.7. The number of hydrogen-bond donors (Lipinski definition) is 4. The van der Waals surface area contributed by atoms with Crippen LogP contribution in [0.15, 0.2) is 97.4 Å². The summed E-state index contributed by atoms with van der Waals surface area (Å²) in [6, 6.07) is 3.45. The number of carbonyl (C=O) groups excluding carboxylic acids is 2. The summed E-state index contributed by atoms with van der Waals surface area (Å²) in [5, 5.41) is 18.0. The Bertz CT molecular complexity index is 1050. The molecule has 0 aliphatic heterocycles. The van der Waals surface area contributed by atoms with E-state index in [9.17, 15) is 9.59 Å². The molecule has 0 atom stereocenters. The molecule has 4 N–H and O–H groups in total. The quantitative estimate of drug-likeness (QED) is 0.0444. The average molecular weight is 685 g/mol. The van der Waals surface area contributed by atoms with Gasteiger partial charge in [0, 0.05) is 56.1 Å². The third kappa shape index (κ3) is 34.3. The van der Waals surface area contributed by atoms with Gasteiger partial charge in [-0.3, -0.25) is 14.6 Å². The van der Waals surface area contributed by atoms with Gasteiger partial charge in [0.05, 0.1) is 5.56 Å². The molecule has 2 amide bonds. The predicted molar refractivity (Wildman–Crippen MR) is 207 cm³/mol. The Kier molecular flexibility index (Phi) is 33.8. The Morgan fingerprint density at radius 2 is 1.40 bits per heavy atom. The molecular formula is C38H60N4O3S2. The molecule has 9 heteroatoms. The smallest absolute Gasteiger partial charge is 0.252 e. The van der Waals surface area contributed by atoms with Crippen LogP contribution in [0.1, 0.15) is 88.9 Å². The van der Waals surface area contributed by atoms with Crippen molar-refractivity contribution in [2.45, 2.75) is 83.8 Å². The van der Waals surface area contributed by atoms with E-state index in [1.54, 1.807) is 18.3 Å². The molecule has 0 aliphatic rings. The highest BCUT2D eigenvalue weighted by molar-refractivity contribution is 8.76. The lowest BCUT2D eigenvalue weighted by Gasteiger charge is -2.05. The number of amides is 2. The fourth-order valence-electron chi connectivity index (χ4n) is 3.55. The molecular weight excluding hydrogens is 625 g/mol. The van der Waals surface area contributed by atoms with Gasteiger partial charge in [-0.2, -0.15) is 0 Å². The third-order valence-corrected chi connectivity index (χ3v) is 8.88. The van der Waals surface area contributed by atoms with Crippen LogP contribution in [0.25, 0.3) is 0 Å². The highest BCUT2D eigenvalue weighted by atomic mass is 33.1. The normalized spacial score (nSPS) is 11.9. The molecule has 0 radical (unpaired) electrons. The fraction of sp³-hybridized carbons (Fsp3) is 0.500. The Labute approximate surface area is 293 Å². The molecule has 1 heterocycles. The van der Waals surface area contributed by atoms with Crippen LogP contribution in [0.4, 0.5) is 0 Å². The van der Waals surface area contributed by atoms with Crippen LogP contribution in [-0.2, 0) is 4.79 Å². The Morgan fingerprint density at radius 3 is 1.94 bits per heavy atom. The van der Waals surface area contributed by atoms with Gasteiger partial charge in [-0.15, -0.1) is 0 Å². The fourth-order valence-corrected chi connectivity index (χ4v) is 5.46. The lowest BCUT2D eigenvalue weighted by Crippen LogP contribution is -2.32. The van der Waals surface area contributed by atoms with Gasteiger partial charge in [0.25, 0.3) is 5.91 Å². The van der Waals surface area contributed by atoms with Crippen LogP contribution < -0.4 is 16.0 Å². The number of aliphatic hydroxyl groups excluding tert-OH is 1. The third-order valence-electron chi connectivity index (χ3n) is 5.93. The van der Waals surface area contributed by atoms with Crippen molar-refractivity contribution in [3.8, 4) is 0 Å². The van der Waals surface area contributed by atoms with Crippen LogP contribution in [-0.4, -0.2) is 65.7 Å². The SMILES string of the molecule is CC/C=C\C/C=C\C/C=C\C/C=C\C/C=C\C/C=C\CCC(=O)NCCSSC(C)C.O=C(NCCNCCCO)c1cccnc1. The van der Waals surface area contributed by atoms with Crippen LogP contribution >= 0.6 is 21.6 Å². The lowest BCUT2D eigenvalue weighted by atomic mass is 10.2. The number of nitrogens with zero attached hydrogens (tertiary/aromatic N) is 1. The second-order valence-electron chi connectivity index (χ2n) is 10.6. The summed E-state index contributed by atoms with van der Waals surface area (Å²) in [5.74, 6) is 1.00. The van der Waals surface area contributed by atoms with Crippen molar-refractivity contribution in [2.75, 3.05) is 38.5 Å². The molecule has 7 nitrogen and oxygen atoms in total. The minimum absolute atomic E-state index is 0.114. The molecule has 0 spiro atoms. The summed E-state index contributed by atoms with van der Waals surface area (Å²) in [5.41, 5.74) is 0.567. The number of pyridine rings is 1. The molecule has 0 aliphatic carbocycles. The molecule has 47 heavy (non-hydrogen) atoms. The first-order chi connectivity index (χ1) is 23.0. The van der Waals surface area contributed by atoms with Gasteiger partial charge in [-0.05, 0) is 70.0 Å². The van der Waals surface area contributed by atoms with E-state index in [0.29, 0.717) is 30.3 Å². The molecule has 1 aromatic rings. The lowest BCUT2D eigenvalue weighted by molar-refractivity contribution is -0.120. The summed E-state index contributed by atoms with van der Waals surface area (Å²) in [6.45, 7) is 9.50. The summed E-state index contributed by atoms with van der Waals surface area (Å²) in [7, 11) is 3.68.